The Morgan fingerprint density at radius 2 is 1.93 bits per heavy atom. The molecule has 2 unspecified atom stereocenters. The van der Waals surface area contributed by atoms with Crippen LogP contribution in [0.2, 0.25) is 0 Å². The largest absolute Gasteiger partial charge is 0.756 e. The number of anilines is 1. The predicted molar refractivity (Wildman–Crippen MR) is 84.8 cm³/mol. The highest BCUT2D eigenvalue weighted by atomic mass is 31.3. The number of aromatic nitrogens is 2. The molecule has 28 heavy (non-hydrogen) atoms. The summed E-state index contributed by atoms with van der Waals surface area (Å²) in [7, 11) is -10.6. The molecule has 0 aliphatic carbocycles. The lowest BCUT2D eigenvalue weighted by Crippen LogP contribution is -2.52. The minimum atomic E-state index is -5.40. The number of rotatable bonds is 9. The highest BCUT2D eigenvalue weighted by Crippen LogP contribution is 2.55. The minimum Gasteiger partial charge on any atom is -0.756 e. The SMILES string of the molecule is Nc1ccn([C@@H]2O[C@H](COP(=O)([O-])OP(=O)([O-])OCC[NH3+])[C@@H](O)[C@H]2O)c(=O)n1. The molecule has 0 spiro atoms. The first kappa shape index (κ1) is 23.1. The fourth-order valence-corrected chi connectivity index (χ4v) is 4.27. The number of hydrogen-bond donors (Lipinski definition) is 4. The van der Waals surface area contributed by atoms with Crippen LogP contribution in [0.25, 0.3) is 0 Å². The molecule has 0 bridgehead atoms. The summed E-state index contributed by atoms with van der Waals surface area (Å²) in [6, 6.07) is 1.24. The Hall–Kier alpha value is -1.22. The van der Waals surface area contributed by atoms with Crippen molar-refractivity contribution < 1.29 is 53.0 Å². The second-order valence-corrected chi connectivity index (χ2v) is 8.51. The summed E-state index contributed by atoms with van der Waals surface area (Å²) in [4.78, 5) is 38.2. The van der Waals surface area contributed by atoms with E-state index in [2.05, 4.69) is 24.1 Å². The Bertz CT molecular complexity index is 835. The molecule has 2 rings (SSSR count). The van der Waals surface area contributed by atoms with Crippen LogP contribution < -0.4 is 26.9 Å². The zero-order valence-corrected chi connectivity index (χ0v) is 16.0. The number of nitrogen functional groups attached to an aromatic ring is 1. The van der Waals surface area contributed by atoms with Crippen molar-refractivity contribution in [2.75, 3.05) is 25.5 Å². The molecule has 6 atom stereocenters. The molecule has 1 saturated heterocycles. The van der Waals surface area contributed by atoms with Crippen molar-refractivity contribution in [3.8, 4) is 0 Å². The van der Waals surface area contributed by atoms with Crippen LogP contribution in [0.3, 0.4) is 0 Å². The van der Waals surface area contributed by atoms with Gasteiger partial charge < -0.3 is 45.3 Å². The molecular weight excluding hydrogens is 426 g/mol. The van der Waals surface area contributed by atoms with Crippen LogP contribution in [0.1, 0.15) is 6.23 Å². The lowest BCUT2D eigenvalue weighted by atomic mass is 10.1. The number of aliphatic hydroxyl groups excluding tert-OH is 2. The van der Waals surface area contributed by atoms with Crippen molar-refractivity contribution in [2.24, 2.45) is 0 Å². The van der Waals surface area contributed by atoms with Gasteiger partial charge in [0.2, 0.25) is 0 Å². The maximum absolute atomic E-state index is 11.8. The van der Waals surface area contributed by atoms with Gasteiger partial charge in [0.05, 0.1) is 13.2 Å². The van der Waals surface area contributed by atoms with E-state index in [4.69, 9.17) is 10.5 Å². The molecule has 7 N–H and O–H groups in total. The van der Waals surface area contributed by atoms with Gasteiger partial charge in [0.1, 0.15) is 30.7 Å². The first-order chi connectivity index (χ1) is 13.0. The van der Waals surface area contributed by atoms with Gasteiger partial charge >= 0.3 is 5.69 Å². The fraction of sp³-hybridized carbons (Fsp3) is 0.636. The fourth-order valence-electron chi connectivity index (χ4n) is 2.23. The normalized spacial score (nSPS) is 29.3. The average Bonchev–Trinajstić information content (AvgIpc) is 2.86. The van der Waals surface area contributed by atoms with Gasteiger partial charge in [-0.2, -0.15) is 4.98 Å². The molecule has 0 saturated carbocycles. The summed E-state index contributed by atoms with van der Waals surface area (Å²) in [6.45, 7) is -1.27. The first-order valence-electron chi connectivity index (χ1n) is 7.74. The third-order valence-electron chi connectivity index (χ3n) is 3.45. The van der Waals surface area contributed by atoms with E-state index in [1.807, 2.05) is 0 Å². The second kappa shape index (κ2) is 9.07. The van der Waals surface area contributed by atoms with Gasteiger partial charge in [-0.3, -0.25) is 13.7 Å². The Morgan fingerprint density at radius 3 is 2.54 bits per heavy atom. The van der Waals surface area contributed by atoms with Gasteiger partial charge in [-0.25, -0.2) is 9.11 Å². The van der Waals surface area contributed by atoms with Gasteiger partial charge in [0.15, 0.2) is 6.23 Å². The Morgan fingerprint density at radius 1 is 1.29 bits per heavy atom. The van der Waals surface area contributed by atoms with Crippen LogP contribution in [0.15, 0.2) is 17.1 Å². The van der Waals surface area contributed by atoms with Gasteiger partial charge in [-0.1, -0.05) is 0 Å². The number of phosphoric ester groups is 2. The number of phosphoric acid groups is 2. The van der Waals surface area contributed by atoms with Crippen LogP contribution >= 0.6 is 15.6 Å². The van der Waals surface area contributed by atoms with Crippen molar-refractivity contribution in [3.63, 3.8) is 0 Å². The van der Waals surface area contributed by atoms with Crippen LogP contribution in [-0.2, 0) is 27.2 Å². The topological polar surface area (TPSA) is 246 Å². The molecule has 1 aliphatic rings. The van der Waals surface area contributed by atoms with E-state index in [0.29, 0.717) is 0 Å². The van der Waals surface area contributed by atoms with E-state index in [0.717, 1.165) is 10.8 Å². The summed E-state index contributed by atoms with van der Waals surface area (Å²) in [5, 5.41) is 20.0. The van der Waals surface area contributed by atoms with Crippen molar-refractivity contribution in [3.05, 3.63) is 22.7 Å². The zero-order chi connectivity index (χ0) is 21.1. The molecule has 17 heteroatoms. The smallest absolute Gasteiger partial charge is 0.351 e. The van der Waals surface area contributed by atoms with Crippen LogP contribution in [0.4, 0.5) is 5.82 Å². The van der Waals surface area contributed by atoms with E-state index in [1.165, 1.54) is 6.07 Å². The maximum Gasteiger partial charge on any atom is 0.351 e. The molecule has 1 aliphatic heterocycles. The molecule has 15 nitrogen and oxygen atoms in total. The molecule has 1 aromatic heterocycles. The number of quaternary nitrogens is 1. The Balaban J connectivity index is 2.02. The van der Waals surface area contributed by atoms with Crippen molar-refractivity contribution in [1.29, 1.82) is 0 Å². The van der Waals surface area contributed by atoms with E-state index in [1.54, 1.807) is 0 Å². The third-order valence-corrected chi connectivity index (χ3v) is 6.02. The van der Waals surface area contributed by atoms with Crippen LogP contribution in [0.5, 0.6) is 0 Å². The Kier molecular flexibility index (Phi) is 7.47. The first-order valence-corrected chi connectivity index (χ1v) is 10.7. The third kappa shape index (κ3) is 5.89. The monoisotopic (exact) mass is 445 g/mol. The van der Waals surface area contributed by atoms with Gasteiger partial charge in [0, 0.05) is 6.20 Å². The summed E-state index contributed by atoms with van der Waals surface area (Å²) in [5.74, 6) is -0.0817. The highest BCUT2D eigenvalue weighted by Gasteiger charge is 2.44. The van der Waals surface area contributed by atoms with E-state index in [9.17, 15) is 33.9 Å². The quantitative estimate of drug-likeness (QED) is 0.263. The predicted octanol–water partition coefficient (Wildman–Crippen LogP) is -4.33. The second-order valence-electron chi connectivity index (χ2n) is 5.55. The van der Waals surface area contributed by atoms with Gasteiger partial charge in [-0.15, -0.1) is 0 Å². The molecule has 0 amide bonds. The number of nitrogens with zero attached hydrogens (tertiary/aromatic N) is 2. The van der Waals surface area contributed by atoms with Crippen LogP contribution in [0, 0.1) is 0 Å². The number of aliphatic hydroxyl groups is 2. The molecule has 1 fully saturated rings. The number of hydrogen-bond acceptors (Lipinski definition) is 13. The van der Waals surface area contributed by atoms with Crippen molar-refractivity contribution in [1.82, 2.24) is 9.55 Å². The summed E-state index contributed by atoms with van der Waals surface area (Å²) < 4.78 is 41.5. The van der Waals surface area contributed by atoms with E-state index < -0.39 is 59.1 Å². The average molecular weight is 445 g/mol. The lowest BCUT2D eigenvalue weighted by molar-refractivity contribution is -0.373. The number of nitrogens with two attached hydrogens (primary N) is 1. The molecular formula is C11H19N4O11P2-. The molecule has 0 radical (unpaired) electrons. The zero-order valence-electron chi connectivity index (χ0n) is 14.2. The number of ether oxygens (including phenoxy) is 1. The van der Waals surface area contributed by atoms with E-state index in [-0.39, 0.29) is 12.4 Å². The minimum absolute atomic E-state index is 0.0420. The summed E-state index contributed by atoms with van der Waals surface area (Å²) in [6.07, 6.45) is -5.01. The van der Waals surface area contributed by atoms with E-state index >= 15 is 0 Å². The molecule has 160 valence electrons. The van der Waals surface area contributed by atoms with Crippen LogP contribution in [-0.4, -0.2) is 57.8 Å². The molecule has 1 aromatic rings. The van der Waals surface area contributed by atoms with Crippen molar-refractivity contribution in [2.45, 2.75) is 24.5 Å². The molecule has 0 aromatic carbocycles. The maximum atomic E-state index is 11.8. The Labute approximate surface area is 157 Å². The highest BCUT2D eigenvalue weighted by molar-refractivity contribution is 7.59. The lowest BCUT2D eigenvalue weighted by Gasteiger charge is -2.31. The summed E-state index contributed by atoms with van der Waals surface area (Å²) in [5.41, 5.74) is 7.78. The summed E-state index contributed by atoms with van der Waals surface area (Å²) >= 11 is 0. The standard InChI is InChI=1S/C11H20N4O11P2/c12-2-4-23-27(19,20)26-28(21,22)24-5-6-8(16)9(17)10(25-6)15-3-1-7(13)14-11(15)18/h1,3,6,8-10,16-17H,2,4-5,12H2,(H,19,20)(H,21,22)(H2,13,14,18)/p-1/t6-,8-,9-,10-/m1/s1. The molecule has 2 heterocycles. The van der Waals surface area contributed by atoms with Gasteiger partial charge in [-0.05, 0) is 6.07 Å². The van der Waals surface area contributed by atoms with Gasteiger partial charge in [0.25, 0.3) is 15.6 Å². The van der Waals surface area contributed by atoms with Crippen molar-refractivity contribution >= 4 is 21.5 Å².